The third kappa shape index (κ3) is 5.62. The quantitative estimate of drug-likeness (QED) is 0.521. The molecule has 0 aromatic heterocycles. The van der Waals surface area contributed by atoms with E-state index < -0.39 is 5.92 Å². The van der Waals surface area contributed by atoms with Crippen LogP contribution in [0.4, 0.5) is 16.2 Å². The third-order valence-corrected chi connectivity index (χ3v) is 7.30. The monoisotopic (exact) mass is 506 g/mol. The van der Waals surface area contributed by atoms with E-state index in [1.54, 1.807) is 11.0 Å². The zero-order chi connectivity index (χ0) is 25.7. The first-order chi connectivity index (χ1) is 17.4. The molecule has 2 saturated heterocycles. The van der Waals surface area contributed by atoms with Crippen LogP contribution in [0.25, 0.3) is 6.08 Å². The number of amides is 4. The van der Waals surface area contributed by atoms with E-state index in [1.165, 1.54) is 0 Å². The van der Waals surface area contributed by atoms with Crippen molar-refractivity contribution in [2.75, 3.05) is 42.5 Å². The maximum atomic E-state index is 12.8. The van der Waals surface area contributed by atoms with Gasteiger partial charge in [-0.25, -0.2) is 0 Å². The predicted octanol–water partition coefficient (Wildman–Crippen LogP) is 3.74. The molecule has 188 valence electrons. The predicted molar refractivity (Wildman–Crippen MR) is 143 cm³/mol. The van der Waals surface area contributed by atoms with Crippen LogP contribution in [0.15, 0.2) is 59.5 Å². The minimum absolute atomic E-state index is 0.0811. The van der Waals surface area contributed by atoms with Crippen LogP contribution in [0, 0.1) is 5.92 Å². The fraction of sp³-hybridized carbons (Fsp3) is 0.333. The Bertz CT molecular complexity index is 1160. The van der Waals surface area contributed by atoms with Gasteiger partial charge in [0.15, 0.2) is 0 Å². The van der Waals surface area contributed by atoms with Gasteiger partial charge in [-0.1, -0.05) is 30.3 Å². The molecule has 0 saturated carbocycles. The van der Waals surface area contributed by atoms with Gasteiger partial charge in [0, 0.05) is 50.5 Å². The molecule has 36 heavy (non-hydrogen) atoms. The van der Waals surface area contributed by atoms with Crippen molar-refractivity contribution in [1.29, 1.82) is 0 Å². The maximum absolute atomic E-state index is 12.8. The third-order valence-electron chi connectivity index (χ3n) is 6.39. The molecule has 0 spiro atoms. The molecule has 0 radical (unpaired) electrons. The van der Waals surface area contributed by atoms with Crippen LogP contribution in [-0.2, 0) is 14.4 Å². The van der Waals surface area contributed by atoms with E-state index in [-0.39, 0.29) is 42.5 Å². The number of benzene rings is 2. The highest BCUT2D eigenvalue weighted by Crippen LogP contribution is 2.32. The number of carbonyl (C=O) groups is 4. The minimum atomic E-state index is -0.466. The van der Waals surface area contributed by atoms with Crippen molar-refractivity contribution in [2.24, 2.45) is 5.92 Å². The lowest BCUT2D eigenvalue weighted by molar-refractivity contribution is -0.127. The van der Waals surface area contributed by atoms with Gasteiger partial charge in [-0.15, -0.1) is 0 Å². The average molecular weight is 507 g/mol. The average Bonchev–Trinajstić information content (AvgIpc) is 3.41. The Balaban J connectivity index is 1.30. The molecule has 8 nitrogen and oxygen atoms in total. The van der Waals surface area contributed by atoms with Crippen LogP contribution in [-0.4, -0.2) is 60.6 Å². The molecule has 1 unspecified atom stereocenters. The highest BCUT2D eigenvalue weighted by Gasteiger charge is 2.37. The molecule has 2 aromatic carbocycles. The molecule has 1 N–H and O–H groups in total. The van der Waals surface area contributed by atoms with Gasteiger partial charge in [-0.2, -0.15) is 0 Å². The van der Waals surface area contributed by atoms with E-state index >= 15 is 0 Å². The smallest absolute Gasteiger partial charge is 0.293 e. The van der Waals surface area contributed by atoms with E-state index in [0.717, 1.165) is 46.7 Å². The number of hydrogen-bond acceptors (Lipinski definition) is 6. The topological polar surface area (TPSA) is 90.0 Å². The van der Waals surface area contributed by atoms with Crippen molar-refractivity contribution in [3.8, 4) is 0 Å². The van der Waals surface area contributed by atoms with Crippen molar-refractivity contribution in [1.82, 2.24) is 10.2 Å². The molecule has 0 aliphatic carbocycles. The highest BCUT2D eigenvalue weighted by molar-refractivity contribution is 8.18. The van der Waals surface area contributed by atoms with Gasteiger partial charge >= 0.3 is 0 Å². The number of anilines is 2. The Morgan fingerprint density at radius 1 is 1.06 bits per heavy atom. The van der Waals surface area contributed by atoms with Crippen molar-refractivity contribution in [3.63, 3.8) is 0 Å². The molecule has 2 fully saturated rings. The van der Waals surface area contributed by atoms with Gasteiger partial charge < -0.3 is 15.1 Å². The number of nitrogens with zero attached hydrogens (tertiary/aromatic N) is 3. The summed E-state index contributed by atoms with van der Waals surface area (Å²) in [4.78, 5) is 55.6. The first-order valence-electron chi connectivity index (χ1n) is 12.1. The van der Waals surface area contributed by atoms with E-state index in [0.29, 0.717) is 11.4 Å². The molecular weight excluding hydrogens is 476 g/mol. The second-order valence-corrected chi connectivity index (χ2v) is 9.62. The molecule has 2 aliphatic heterocycles. The fourth-order valence-electron chi connectivity index (χ4n) is 4.39. The fourth-order valence-corrected chi connectivity index (χ4v) is 5.26. The van der Waals surface area contributed by atoms with E-state index in [9.17, 15) is 19.2 Å². The maximum Gasteiger partial charge on any atom is 0.293 e. The molecule has 9 heteroatoms. The van der Waals surface area contributed by atoms with Crippen molar-refractivity contribution >= 4 is 52.2 Å². The Kier molecular flexibility index (Phi) is 8.10. The zero-order valence-corrected chi connectivity index (χ0v) is 21.3. The van der Waals surface area contributed by atoms with Gasteiger partial charge in [0.05, 0.1) is 10.8 Å². The standard InChI is InChI=1S/C27H30N4O4S/c1-3-29(4-2)21-12-10-19(11-13-21)16-23-26(34)30(27(35)36-23)15-14-28-25(33)20-17-24(32)31(18-20)22-8-6-5-7-9-22/h5-13,16,20H,3-4,14-15,17-18H2,1-2H3,(H,28,33)/b23-16+. The lowest BCUT2D eigenvalue weighted by Crippen LogP contribution is -2.40. The summed E-state index contributed by atoms with van der Waals surface area (Å²) in [7, 11) is 0. The van der Waals surface area contributed by atoms with Gasteiger partial charge in [0.2, 0.25) is 11.8 Å². The van der Waals surface area contributed by atoms with Crippen LogP contribution < -0.4 is 15.1 Å². The molecule has 2 aromatic rings. The summed E-state index contributed by atoms with van der Waals surface area (Å²) in [5.74, 6) is -1.18. The number of thioether (sulfide) groups is 1. The van der Waals surface area contributed by atoms with Gasteiger partial charge in [0.25, 0.3) is 11.1 Å². The SMILES string of the molecule is CCN(CC)c1ccc(/C=C2/SC(=O)N(CCNC(=O)C3CC(=O)N(c4ccccc4)C3)C2=O)cc1. The highest BCUT2D eigenvalue weighted by atomic mass is 32.2. The number of para-hydroxylation sites is 1. The largest absolute Gasteiger partial charge is 0.372 e. The summed E-state index contributed by atoms with van der Waals surface area (Å²) in [5.41, 5.74) is 2.72. The molecule has 0 bridgehead atoms. The Morgan fingerprint density at radius 3 is 2.42 bits per heavy atom. The van der Waals surface area contributed by atoms with Crippen molar-refractivity contribution in [2.45, 2.75) is 20.3 Å². The van der Waals surface area contributed by atoms with Crippen molar-refractivity contribution in [3.05, 3.63) is 65.1 Å². The Hall–Kier alpha value is -3.59. The first kappa shape index (κ1) is 25.5. The summed E-state index contributed by atoms with van der Waals surface area (Å²) >= 11 is 0.903. The molecule has 2 aliphatic rings. The van der Waals surface area contributed by atoms with E-state index in [2.05, 4.69) is 24.1 Å². The number of carbonyl (C=O) groups excluding carboxylic acids is 4. The number of hydrogen-bond donors (Lipinski definition) is 1. The second-order valence-electron chi connectivity index (χ2n) is 8.63. The number of imide groups is 1. The van der Waals surface area contributed by atoms with Crippen LogP contribution in [0.3, 0.4) is 0 Å². The Morgan fingerprint density at radius 2 is 1.75 bits per heavy atom. The molecular formula is C27H30N4O4S. The summed E-state index contributed by atoms with van der Waals surface area (Å²) in [6.45, 7) is 6.55. The van der Waals surface area contributed by atoms with Gasteiger partial charge in [0.1, 0.15) is 0 Å². The van der Waals surface area contributed by atoms with Gasteiger partial charge in [-0.3, -0.25) is 24.1 Å². The first-order valence-corrected chi connectivity index (χ1v) is 13.0. The lowest BCUT2D eigenvalue weighted by atomic mass is 10.1. The number of rotatable bonds is 9. The summed E-state index contributed by atoms with van der Waals surface area (Å²) in [5, 5.41) is 2.43. The van der Waals surface area contributed by atoms with Crippen LogP contribution in [0.1, 0.15) is 25.8 Å². The van der Waals surface area contributed by atoms with Crippen LogP contribution >= 0.6 is 11.8 Å². The summed E-state index contributed by atoms with van der Waals surface area (Å²) in [6, 6.07) is 17.1. The molecule has 4 amide bonds. The number of nitrogens with one attached hydrogen (secondary N) is 1. The van der Waals surface area contributed by atoms with E-state index in [4.69, 9.17) is 0 Å². The molecule has 2 heterocycles. The minimum Gasteiger partial charge on any atom is -0.372 e. The molecule has 4 rings (SSSR count). The van der Waals surface area contributed by atoms with Crippen molar-refractivity contribution < 1.29 is 19.2 Å². The van der Waals surface area contributed by atoms with Crippen LogP contribution in [0.2, 0.25) is 0 Å². The Labute approximate surface area is 215 Å². The normalized spacial score (nSPS) is 18.9. The van der Waals surface area contributed by atoms with E-state index in [1.807, 2.05) is 54.6 Å². The summed E-state index contributed by atoms with van der Waals surface area (Å²) < 4.78 is 0. The van der Waals surface area contributed by atoms with Gasteiger partial charge in [-0.05, 0) is 61.5 Å². The molecule has 1 atom stereocenters. The zero-order valence-electron chi connectivity index (χ0n) is 20.5. The second kappa shape index (κ2) is 11.4. The van der Waals surface area contributed by atoms with Crippen LogP contribution in [0.5, 0.6) is 0 Å². The summed E-state index contributed by atoms with van der Waals surface area (Å²) in [6.07, 6.45) is 1.86. The lowest BCUT2D eigenvalue weighted by Gasteiger charge is -2.20.